The van der Waals surface area contributed by atoms with Crippen molar-refractivity contribution in [2.45, 2.75) is 53.4 Å². The first-order valence-electron chi connectivity index (χ1n) is 7.88. The van der Waals surface area contributed by atoms with Crippen LogP contribution < -0.4 is 5.32 Å². The number of nitrogens with zero attached hydrogens (tertiary/aromatic N) is 1. The van der Waals surface area contributed by atoms with Gasteiger partial charge in [-0.05, 0) is 43.7 Å². The molecule has 108 valence electrons. The SMILES string of the molecule is CCN(CC(C)C)CC1(CNC)CCCC(C)C1. The molecule has 0 heterocycles. The molecular weight excluding hydrogens is 220 g/mol. The van der Waals surface area contributed by atoms with Crippen molar-refractivity contribution in [3.63, 3.8) is 0 Å². The zero-order chi connectivity index (χ0) is 13.6. The van der Waals surface area contributed by atoms with Crippen molar-refractivity contribution in [2.24, 2.45) is 17.3 Å². The lowest BCUT2D eigenvalue weighted by molar-refractivity contribution is 0.0786. The molecule has 18 heavy (non-hydrogen) atoms. The highest BCUT2D eigenvalue weighted by molar-refractivity contribution is 4.89. The zero-order valence-electron chi connectivity index (χ0n) is 13.3. The van der Waals surface area contributed by atoms with Crippen molar-refractivity contribution >= 4 is 0 Å². The van der Waals surface area contributed by atoms with Crippen molar-refractivity contribution in [2.75, 3.05) is 33.2 Å². The molecule has 1 rings (SSSR count). The Morgan fingerprint density at radius 1 is 1.39 bits per heavy atom. The van der Waals surface area contributed by atoms with Gasteiger partial charge >= 0.3 is 0 Å². The van der Waals surface area contributed by atoms with Crippen molar-refractivity contribution in [3.8, 4) is 0 Å². The lowest BCUT2D eigenvalue weighted by Gasteiger charge is -2.43. The van der Waals surface area contributed by atoms with E-state index in [1.165, 1.54) is 51.9 Å². The third-order valence-corrected chi connectivity index (χ3v) is 4.37. The first-order chi connectivity index (χ1) is 8.51. The summed E-state index contributed by atoms with van der Waals surface area (Å²) in [7, 11) is 2.11. The molecule has 0 saturated heterocycles. The van der Waals surface area contributed by atoms with Crippen LogP contribution in [0.15, 0.2) is 0 Å². The number of rotatable bonds is 7. The maximum atomic E-state index is 3.45. The van der Waals surface area contributed by atoms with E-state index in [-0.39, 0.29) is 0 Å². The van der Waals surface area contributed by atoms with E-state index in [2.05, 4.69) is 45.0 Å². The van der Waals surface area contributed by atoms with Gasteiger partial charge in [-0.3, -0.25) is 0 Å². The van der Waals surface area contributed by atoms with E-state index < -0.39 is 0 Å². The summed E-state index contributed by atoms with van der Waals surface area (Å²) in [4.78, 5) is 2.67. The molecule has 1 aliphatic rings. The average molecular weight is 254 g/mol. The van der Waals surface area contributed by atoms with Gasteiger partial charge in [-0.1, -0.05) is 40.5 Å². The van der Waals surface area contributed by atoms with E-state index in [1.807, 2.05) is 0 Å². The van der Waals surface area contributed by atoms with E-state index in [0.717, 1.165) is 11.8 Å². The second-order valence-corrected chi connectivity index (χ2v) is 6.95. The first kappa shape index (κ1) is 16.0. The lowest BCUT2D eigenvalue weighted by atomic mass is 9.69. The average Bonchev–Trinajstić information content (AvgIpc) is 2.27. The summed E-state index contributed by atoms with van der Waals surface area (Å²) in [6, 6.07) is 0. The topological polar surface area (TPSA) is 15.3 Å². The predicted molar refractivity (Wildman–Crippen MR) is 80.9 cm³/mol. The molecule has 0 radical (unpaired) electrons. The van der Waals surface area contributed by atoms with E-state index in [1.54, 1.807) is 0 Å². The number of hydrogen-bond donors (Lipinski definition) is 1. The highest BCUT2D eigenvalue weighted by atomic mass is 15.1. The number of nitrogens with one attached hydrogen (secondary N) is 1. The van der Waals surface area contributed by atoms with Crippen LogP contribution in [-0.2, 0) is 0 Å². The first-order valence-corrected chi connectivity index (χ1v) is 7.88. The van der Waals surface area contributed by atoms with Crippen molar-refractivity contribution in [1.29, 1.82) is 0 Å². The molecule has 0 aliphatic heterocycles. The second-order valence-electron chi connectivity index (χ2n) is 6.95. The lowest BCUT2D eigenvalue weighted by Crippen LogP contribution is -2.46. The Kier molecular flexibility index (Phi) is 6.65. The molecule has 0 bridgehead atoms. The van der Waals surface area contributed by atoms with E-state index >= 15 is 0 Å². The van der Waals surface area contributed by atoms with Crippen LogP contribution in [0.2, 0.25) is 0 Å². The molecule has 2 heteroatoms. The highest BCUT2D eigenvalue weighted by Crippen LogP contribution is 2.39. The van der Waals surface area contributed by atoms with E-state index in [9.17, 15) is 0 Å². The van der Waals surface area contributed by atoms with Gasteiger partial charge in [-0.15, -0.1) is 0 Å². The molecule has 2 atom stereocenters. The van der Waals surface area contributed by atoms with Gasteiger partial charge < -0.3 is 10.2 Å². The van der Waals surface area contributed by atoms with Gasteiger partial charge in [-0.25, -0.2) is 0 Å². The van der Waals surface area contributed by atoms with Crippen molar-refractivity contribution in [1.82, 2.24) is 10.2 Å². The highest BCUT2D eigenvalue weighted by Gasteiger charge is 2.35. The van der Waals surface area contributed by atoms with Gasteiger partial charge in [-0.2, -0.15) is 0 Å². The Morgan fingerprint density at radius 3 is 2.61 bits per heavy atom. The summed E-state index contributed by atoms with van der Waals surface area (Å²) >= 11 is 0. The normalized spacial score (nSPS) is 29.2. The van der Waals surface area contributed by atoms with E-state index in [0.29, 0.717) is 5.41 Å². The Bertz CT molecular complexity index is 223. The minimum atomic E-state index is 0.525. The molecule has 1 aliphatic carbocycles. The summed E-state index contributed by atoms with van der Waals surface area (Å²) < 4.78 is 0. The number of hydrogen-bond acceptors (Lipinski definition) is 2. The maximum Gasteiger partial charge on any atom is 0.00502 e. The Morgan fingerprint density at radius 2 is 2.11 bits per heavy atom. The van der Waals surface area contributed by atoms with Crippen molar-refractivity contribution in [3.05, 3.63) is 0 Å². The van der Waals surface area contributed by atoms with Crippen LogP contribution in [-0.4, -0.2) is 38.1 Å². The quantitative estimate of drug-likeness (QED) is 0.749. The fourth-order valence-corrected chi connectivity index (χ4v) is 3.80. The van der Waals surface area contributed by atoms with Crippen LogP contribution in [0.25, 0.3) is 0 Å². The molecule has 2 nitrogen and oxygen atoms in total. The minimum Gasteiger partial charge on any atom is -0.319 e. The predicted octanol–water partition coefficient (Wildman–Crippen LogP) is 3.38. The van der Waals surface area contributed by atoms with Gasteiger partial charge in [0.15, 0.2) is 0 Å². The third-order valence-electron chi connectivity index (χ3n) is 4.37. The molecular formula is C16H34N2. The van der Waals surface area contributed by atoms with Crippen molar-refractivity contribution < 1.29 is 0 Å². The molecule has 2 unspecified atom stereocenters. The monoisotopic (exact) mass is 254 g/mol. The Balaban J connectivity index is 2.64. The zero-order valence-corrected chi connectivity index (χ0v) is 13.3. The molecule has 0 aromatic carbocycles. The van der Waals surface area contributed by atoms with Crippen LogP contribution in [0.1, 0.15) is 53.4 Å². The van der Waals surface area contributed by atoms with Gasteiger partial charge in [0, 0.05) is 19.6 Å². The van der Waals surface area contributed by atoms with Crippen LogP contribution in [0.5, 0.6) is 0 Å². The molecule has 0 aromatic rings. The smallest absolute Gasteiger partial charge is 0.00502 e. The molecule has 1 fully saturated rings. The largest absolute Gasteiger partial charge is 0.319 e. The maximum absolute atomic E-state index is 3.45. The molecule has 1 saturated carbocycles. The van der Waals surface area contributed by atoms with Gasteiger partial charge in [0.1, 0.15) is 0 Å². The summed E-state index contributed by atoms with van der Waals surface area (Å²) in [5.74, 6) is 1.68. The van der Waals surface area contributed by atoms with Crippen LogP contribution in [0, 0.1) is 17.3 Å². The van der Waals surface area contributed by atoms with Gasteiger partial charge in [0.05, 0.1) is 0 Å². The van der Waals surface area contributed by atoms with Gasteiger partial charge in [0.2, 0.25) is 0 Å². The fourth-order valence-electron chi connectivity index (χ4n) is 3.80. The second kappa shape index (κ2) is 7.49. The Hall–Kier alpha value is -0.0800. The minimum absolute atomic E-state index is 0.525. The summed E-state index contributed by atoms with van der Waals surface area (Å²) in [6.45, 7) is 14.3. The van der Waals surface area contributed by atoms with Crippen LogP contribution >= 0.6 is 0 Å². The summed E-state index contributed by atoms with van der Waals surface area (Å²) in [6.07, 6.45) is 5.67. The van der Waals surface area contributed by atoms with E-state index in [4.69, 9.17) is 0 Å². The molecule has 0 amide bonds. The fraction of sp³-hybridized carbons (Fsp3) is 1.00. The standard InChI is InChI=1S/C16H34N2/c1-6-18(11-14(2)3)13-16(12-17-5)9-7-8-15(4)10-16/h14-15,17H,6-13H2,1-5H3. The third kappa shape index (κ3) is 4.89. The van der Waals surface area contributed by atoms with Crippen LogP contribution in [0.4, 0.5) is 0 Å². The van der Waals surface area contributed by atoms with Gasteiger partial charge in [0.25, 0.3) is 0 Å². The summed E-state index contributed by atoms with van der Waals surface area (Å²) in [5, 5.41) is 3.45. The molecule has 0 aromatic heterocycles. The van der Waals surface area contributed by atoms with Crippen LogP contribution in [0.3, 0.4) is 0 Å². The molecule has 0 spiro atoms. The molecule has 1 N–H and O–H groups in total. The summed E-state index contributed by atoms with van der Waals surface area (Å²) in [5.41, 5.74) is 0.525. The Labute approximate surface area is 115 Å².